The second-order valence-electron chi connectivity index (χ2n) is 8.48. The zero-order chi connectivity index (χ0) is 24.9. The van der Waals surface area contributed by atoms with Gasteiger partial charge in [0, 0.05) is 38.9 Å². The molecule has 1 aromatic heterocycles. The molecule has 1 aliphatic heterocycles. The Hall–Kier alpha value is -3.91. The van der Waals surface area contributed by atoms with Gasteiger partial charge in [0.2, 0.25) is 0 Å². The molecule has 1 aliphatic rings. The standard InChI is InChI=1S/C26H27ClN6O2/c1-17-4-10-22(21(14-17)25(35)31-23-11-9-20(27)15-29-23)30-24(34)19-7-5-18(6-8-19)16-33(3)26-28-12-13-32(26)2/h4-11,14-15H,12-13,16H2,1-3H3,(H,30,34)(H,29,31,35). The first-order valence-corrected chi connectivity index (χ1v) is 11.6. The highest BCUT2D eigenvalue weighted by Crippen LogP contribution is 2.21. The van der Waals surface area contributed by atoms with E-state index >= 15 is 0 Å². The molecule has 2 amide bonds. The molecule has 0 radical (unpaired) electrons. The summed E-state index contributed by atoms with van der Waals surface area (Å²) in [5.74, 6) is 0.656. The lowest BCUT2D eigenvalue weighted by molar-refractivity contribution is 0.102. The quantitative estimate of drug-likeness (QED) is 0.538. The van der Waals surface area contributed by atoms with Gasteiger partial charge in [-0.2, -0.15) is 0 Å². The first kappa shape index (κ1) is 24.2. The van der Waals surface area contributed by atoms with Crippen LogP contribution in [0.4, 0.5) is 11.5 Å². The van der Waals surface area contributed by atoms with Gasteiger partial charge in [0.1, 0.15) is 5.82 Å². The highest BCUT2D eigenvalue weighted by Gasteiger charge is 2.18. The number of nitrogens with zero attached hydrogens (tertiary/aromatic N) is 4. The van der Waals surface area contributed by atoms with E-state index < -0.39 is 0 Å². The van der Waals surface area contributed by atoms with Crippen molar-refractivity contribution in [1.82, 2.24) is 14.8 Å². The number of aliphatic imine (C=N–C) groups is 1. The van der Waals surface area contributed by atoms with Gasteiger partial charge in [0.25, 0.3) is 11.8 Å². The van der Waals surface area contributed by atoms with Crippen molar-refractivity contribution in [2.45, 2.75) is 13.5 Å². The zero-order valence-electron chi connectivity index (χ0n) is 19.9. The Balaban J connectivity index is 1.44. The molecule has 8 nitrogen and oxygen atoms in total. The minimum absolute atomic E-state index is 0.299. The van der Waals surface area contributed by atoms with Crippen LogP contribution >= 0.6 is 11.6 Å². The molecular formula is C26H27ClN6O2. The van der Waals surface area contributed by atoms with E-state index in [-0.39, 0.29) is 11.8 Å². The number of aromatic nitrogens is 1. The van der Waals surface area contributed by atoms with Gasteiger partial charge in [-0.15, -0.1) is 0 Å². The number of nitrogens with one attached hydrogen (secondary N) is 2. The van der Waals surface area contributed by atoms with Crippen LogP contribution in [0.2, 0.25) is 5.02 Å². The van der Waals surface area contributed by atoms with Crippen LogP contribution in [0.1, 0.15) is 31.8 Å². The third-order valence-corrected chi connectivity index (χ3v) is 5.87. The third kappa shape index (κ3) is 5.96. The van der Waals surface area contributed by atoms with Gasteiger partial charge in [0.15, 0.2) is 5.96 Å². The van der Waals surface area contributed by atoms with Crippen molar-refractivity contribution in [2.75, 3.05) is 37.8 Å². The van der Waals surface area contributed by atoms with Crippen LogP contribution in [0.5, 0.6) is 0 Å². The van der Waals surface area contributed by atoms with Crippen LogP contribution in [0.15, 0.2) is 65.8 Å². The Morgan fingerprint density at radius 3 is 2.49 bits per heavy atom. The number of halogens is 1. The summed E-state index contributed by atoms with van der Waals surface area (Å²) in [4.78, 5) is 38.7. The Labute approximate surface area is 209 Å². The summed E-state index contributed by atoms with van der Waals surface area (Å²) in [5, 5.41) is 6.08. The lowest BCUT2D eigenvalue weighted by Gasteiger charge is -2.24. The van der Waals surface area contributed by atoms with E-state index in [0.717, 1.165) is 30.2 Å². The molecule has 2 aromatic carbocycles. The summed E-state index contributed by atoms with van der Waals surface area (Å²) >= 11 is 5.86. The highest BCUT2D eigenvalue weighted by atomic mass is 35.5. The van der Waals surface area contributed by atoms with Crippen molar-refractivity contribution in [3.05, 3.63) is 88.1 Å². The molecule has 2 heterocycles. The monoisotopic (exact) mass is 490 g/mol. The minimum atomic E-state index is -0.378. The summed E-state index contributed by atoms with van der Waals surface area (Å²) < 4.78 is 0. The first-order valence-electron chi connectivity index (χ1n) is 11.2. The molecule has 0 unspecified atom stereocenters. The van der Waals surface area contributed by atoms with Crippen molar-refractivity contribution in [2.24, 2.45) is 4.99 Å². The molecule has 4 rings (SSSR count). The first-order chi connectivity index (χ1) is 16.8. The van der Waals surface area contributed by atoms with Crippen molar-refractivity contribution in [3.8, 4) is 0 Å². The number of amides is 2. The van der Waals surface area contributed by atoms with Crippen LogP contribution < -0.4 is 10.6 Å². The number of pyridine rings is 1. The van der Waals surface area contributed by atoms with Gasteiger partial charge in [-0.3, -0.25) is 14.6 Å². The minimum Gasteiger partial charge on any atom is -0.344 e. The lowest BCUT2D eigenvalue weighted by atomic mass is 10.1. The number of guanidine groups is 1. The molecular weight excluding hydrogens is 464 g/mol. The Morgan fingerprint density at radius 1 is 1.06 bits per heavy atom. The topological polar surface area (TPSA) is 89.9 Å². The zero-order valence-corrected chi connectivity index (χ0v) is 20.6. The number of benzene rings is 2. The molecule has 0 aliphatic carbocycles. The highest BCUT2D eigenvalue weighted by molar-refractivity contribution is 6.30. The summed E-state index contributed by atoms with van der Waals surface area (Å²) in [5.41, 5.74) is 3.21. The second-order valence-corrected chi connectivity index (χ2v) is 8.91. The summed E-state index contributed by atoms with van der Waals surface area (Å²) in [6.07, 6.45) is 1.46. The number of carbonyl (C=O) groups excluding carboxylic acids is 2. The van der Waals surface area contributed by atoms with E-state index in [1.165, 1.54) is 6.20 Å². The van der Waals surface area contributed by atoms with E-state index in [0.29, 0.717) is 34.2 Å². The van der Waals surface area contributed by atoms with Gasteiger partial charge in [-0.05, 0) is 48.9 Å². The SMILES string of the molecule is Cc1ccc(NC(=O)c2ccc(CN(C)C3=NCCN3C)cc2)c(C(=O)Nc2ccc(Cl)cn2)c1. The lowest BCUT2D eigenvalue weighted by Crippen LogP contribution is -2.36. The molecule has 0 spiro atoms. The van der Waals surface area contributed by atoms with E-state index in [2.05, 4.69) is 30.4 Å². The molecule has 0 atom stereocenters. The van der Waals surface area contributed by atoms with Crippen molar-refractivity contribution >= 4 is 40.9 Å². The fourth-order valence-electron chi connectivity index (χ4n) is 3.82. The van der Waals surface area contributed by atoms with Crippen molar-refractivity contribution in [1.29, 1.82) is 0 Å². The number of hydrogen-bond donors (Lipinski definition) is 2. The molecule has 180 valence electrons. The Bertz CT molecular complexity index is 1260. The van der Waals surface area contributed by atoms with Gasteiger partial charge < -0.3 is 20.4 Å². The van der Waals surface area contributed by atoms with Crippen LogP contribution in [0, 0.1) is 6.92 Å². The predicted molar refractivity (Wildman–Crippen MR) is 139 cm³/mol. The smallest absolute Gasteiger partial charge is 0.258 e. The molecule has 35 heavy (non-hydrogen) atoms. The number of anilines is 2. The molecule has 0 bridgehead atoms. The Kier molecular flexibility index (Phi) is 7.31. The van der Waals surface area contributed by atoms with Crippen LogP contribution in [-0.2, 0) is 6.54 Å². The summed E-state index contributed by atoms with van der Waals surface area (Å²) in [6, 6.07) is 16.0. The fraction of sp³-hybridized carbons (Fsp3) is 0.231. The van der Waals surface area contributed by atoms with E-state index in [9.17, 15) is 9.59 Å². The molecule has 3 aromatic rings. The van der Waals surface area contributed by atoms with E-state index in [1.807, 2.05) is 39.2 Å². The third-order valence-electron chi connectivity index (χ3n) is 5.64. The number of hydrogen-bond acceptors (Lipinski definition) is 6. The number of carbonyl (C=O) groups is 2. The Morgan fingerprint density at radius 2 is 1.83 bits per heavy atom. The number of rotatable bonds is 6. The van der Waals surface area contributed by atoms with Crippen LogP contribution in [0.25, 0.3) is 0 Å². The van der Waals surface area contributed by atoms with Crippen molar-refractivity contribution < 1.29 is 9.59 Å². The molecule has 9 heteroatoms. The maximum Gasteiger partial charge on any atom is 0.258 e. The molecule has 0 saturated carbocycles. The normalized spacial score (nSPS) is 12.8. The molecule has 0 saturated heterocycles. The number of aryl methyl sites for hydroxylation is 1. The van der Waals surface area contributed by atoms with Crippen LogP contribution in [0.3, 0.4) is 0 Å². The van der Waals surface area contributed by atoms with Crippen LogP contribution in [-0.4, -0.2) is 59.7 Å². The molecule has 2 N–H and O–H groups in total. The maximum atomic E-state index is 12.9. The fourth-order valence-corrected chi connectivity index (χ4v) is 3.93. The van der Waals surface area contributed by atoms with Gasteiger partial charge in [0.05, 0.1) is 22.8 Å². The van der Waals surface area contributed by atoms with E-state index in [1.54, 1.807) is 36.4 Å². The van der Waals surface area contributed by atoms with Gasteiger partial charge >= 0.3 is 0 Å². The molecule has 0 fully saturated rings. The van der Waals surface area contributed by atoms with Crippen molar-refractivity contribution in [3.63, 3.8) is 0 Å². The largest absolute Gasteiger partial charge is 0.344 e. The summed E-state index contributed by atoms with van der Waals surface area (Å²) in [6.45, 7) is 4.30. The second kappa shape index (κ2) is 10.6. The predicted octanol–water partition coefficient (Wildman–Crippen LogP) is 4.28. The maximum absolute atomic E-state index is 12.9. The van der Waals surface area contributed by atoms with E-state index in [4.69, 9.17) is 11.6 Å². The average molecular weight is 491 g/mol. The van der Waals surface area contributed by atoms with Gasteiger partial charge in [-0.25, -0.2) is 4.98 Å². The summed E-state index contributed by atoms with van der Waals surface area (Å²) in [7, 11) is 4.03. The average Bonchev–Trinajstić information content (AvgIpc) is 3.28. The van der Waals surface area contributed by atoms with Gasteiger partial charge in [-0.1, -0.05) is 35.4 Å². The number of likely N-dealkylation sites (N-methyl/N-ethyl adjacent to an activating group) is 1.